The fourth-order valence-electron chi connectivity index (χ4n) is 4.34. The minimum atomic E-state index is -0.326. The fourth-order valence-corrected chi connectivity index (χ4v) is 4.34. The lowest BCUT2D eigenvalue weighted by atomic mass is 10.1. The molecular weight excluding hydrogens is 409 g/mol. The molecule has 5 rings (SSSR count). The van der Waals surface area contributed by atoms with E-state index in [1.54, 1.807) is 45.6 Å². The highest BCUT2D eigenvalue weighted by Crippen LogP contribution is 2.19. The summed E-state index contributed by atoms with van der Waals surface area (Å²) >= 11 is 0. The van der Waals surface area contributed by atoms with Crippen molar-refractivity contribution in [3.05, 3.63) is 82.0 Å². The number of aromatic nitrogens is 3. The number of carbonyl (C=O) groups excluding carboxylic acids is 1. The summed E-state index contributed by atoms with van der Waals surface area (Å²) in [6, 6.07) is 13.2. The molecule has 8 heteroatoms. The molecule has 0 aliphatic carbocycles. The molecule has 0 unspecified atom stereocenters. The summed E-state index contributed by atoms with van der Waals surface area (Å²) < 4.78 is 16.6. The molecule has 0 bridgehead atoms. The first kappa shape index (κ1) is 20.4. The lowest BCUT2D eigenvalue weighted by Crippen LogP contribution is -2.48. The lowest BCUT2D eigenvalue weighted by molar-refractivity contribution is 0.0643. The summed E-state index contributed by atoms with van der Waals surface area (Å²) in [5, 5.41) is 4.30. The highest BCUT2D eigenvalue weighted by Gasteiger charge is 2.22. The third-order valence-corrected chi connectivity index (χ3v) is 6.21. The second kappa shape index (κ2) is 8.20. The number of piperazine rings is 1. The molecule has 0 spiro atoms. The Balaban J connectivity index is 1.59. The first-order valence-electron chi connectivity index (χ1n) is 10.8. The molecule has 1 saturated heterocycles. The van der Waals surface area contributed by atoms with Crippen LogP contribution < -0.4 is 5.56 Å². The molecule has 0 N–H and O–H groups in total. The Kier molecular flexibility index (Phi) is 5.22. The number of halogens is 1. The predicted octanol–water partition coefficient (Wildman–Crippen LogP) is 2.61. The van der Waals surface area contributed by atoms with Crippen molar-refractivity contribution < 1.29 is 9.18 Å². The lowest BCUT2D eigenvalue weighted by Gasteiger charge is -2.34. The van der Waals surface area contributed by atoms with E-state index in [1.165, 1.54) is 12.1 Å². The van der Waals surface area contributed by atoms with Gasteiger partial charge in [0.05, 0.1) is 23.8 Å². The summed E-state index contributed by atoms with van der Waals surface area (Å²) in [6.45, 7) is 6.46. The van der Waals surface area contributed by atoms with Gasteiger partial charge in [-0.1, -0.05) is 19.1 Å². The van der Waals surface area contributed by atoms with E-state index in [0.29, 0.717) is 29.7 Å². The molecule has 3 heterocycles. The Hall–Kier alpha value is -3.52. The van der Waals surface area contributed by atoms with Gasteiger partial charge in [-0.05, 0) is 48.5 Å². The maximum absolute atomic E-state index is 13.4. The topological polar surface area (TPSA) is 62.8 Å². The van der Waals surface area contributed by atoms with Crippen molar-refractivity contribution in [3.8, 4) is 0 Å². The fraction of sp³-hybridized carbons (Fsp3) is 0.292. The van der Waals surface area contributed by atoms with E-state index in [0.717, 1.165) is 30.7 Å². The van der Waals surface area contributed by atoms with Crippen LogP contribution in [0, 0.1) is 5.82 Å². The van der Waals surface area contributed by atoms with Gasteiger partial charge in [-0.15, -0.1) is 0 Å². The molecule has 32 heavy (non-hydrogen) atoms. The number of rotatable bonds is 4. The Labute approximate surface area is 184 Å². The van der Waals surface area contributed by atoms with Crippen molar-refractivity contribution in [2.45, 2.75) is 13.5 Å². The second-order valence-corrected chi connectivity index (χ2v) is 8.08. The van der Waals surface area contributed by atoms with Gasteiger partial charge in [-0.2, -0.15) is 5.10 Å². The minimum absolute atomic E-state index is 0.0380. The van der Waals surface area contributed by atoms with E-state index >= 15 is 0 Å². The number of benzene rings is 2. The number of nitrogens with zero attached hydrogens (tertiary/aromatic N) is 5. The third kappa shape index (κ3) is 3.56. The number of carbonyl (C=O) groups is 1. The molecule has 4 aromatic rings. The highest BCUT2D eigenvalue weighted by atomic mass is 19.1. The molecular formula is C24H24FN5O2. The van der Waals surface area contributed by atoms with Crippen molar-refractivity contribution in [1.82, 2.24) is 24.0 Å². The summed E-state index contributed by atoms with van der Waals surface area (Å²) in [5.74, 6) is -0.364. The Morgan fingerprint density at radius 2 is 1.72 bits per heavy atom. The Morgan fingerprint density at radius 1 is 0.969 bits per heavy atom. The maximum atomic E-state index is 13.4. The van der Waals surface area contributed by atoms with E-state index in [-0.39, 0.29) is 23.8 Å². The predicted molar refractivity (Wildman–Crippen MR) is 120 cm³/mol. The van der Waals surface area contributed by atoms with Crippen LogP contribution in [0.2, 0.25) is 0 Å². The van der Waals surface area contributed by atoms with Crippen LogP contribution in [0.25, 0.3) is 16.6 Å². The van der Waals surface area contributed by atoms with E-state index in [9.17, 15) is 14.0 Å². The van der Waals surface area contributed by atoms with Crippen molar-refractivity contribution in [1.29, 1.82) is 0 Å². The van der Waals surface area contributed by atoms with Crippen LogP contribution in [-0.2, 0) is 6.54 Å². The van der Waals surface area contributed by atoms with Gasteiger partial charge >= 0.3 is 0 Å². The first-order valence-corrected chi connectivity index (χ1v) is 10.8. The molecule has 1 fully saturated rings. The average molecular weight is 433 g/mol. The van der Waals surface area contributed by atoms with Crippen LogP contribution in [0.1, 0.15) is 22.8 Å². The van der Waals surface area contributed by atoms with Crippen molar-refractivity contribution in [2.24, 2.45) is 0 Å². The summed E-state index contributed by atoms with van der Waals surface area (Å²) in [7, 11) is 0. The van der Waals surface area contributed by atoms with Crippen LogP contribution in [0.15, 0.2) is 59.5 Å². The number of hydrogen-bond donors (Lipinski definition) is 0. The van der Waals surface area contributed by atoms with Gasteiger partial charge in [0.1, 0.15) is 11.3 Å². The summed E-state index contributed by atoms with van der Waals surface area (Å²) in [6.07, 6.45) is 1.59. The molecule has 2 aromatic heterocycles. The van der Waals surface area contributed by atoms with Gasteiger partial charge in [-0.3, -0.25) is 9.59 Å². The smallest absolute Gasteiger partial charge is 0.277 e. The van der Waals surface area contributed by atoms with Gasteiger partial charge in [0.2, 0.25) is 0 Å². The average Bonchev–Trinajstić information content (AvgIpc) is 3.33. The van der Waals surface area contributed by atoms with Gasteiger partial charge in [0, 0.05) is 31.7 Å². The van der Waals surface area contributed by atoms with Crippen LogP contribution in [0.3, 0.4) is 0 Å². The molecule has 1 aliphatic rings. The molecule has 1 amide bonds. The molecule has 1 aliphatic heterocycles. The zero-order chi connectivity index (χ0) is 22.2. The molecule has 0 radical (unpaired) electrons. The van der Waals surface area contributed by atoms with E-state index < -0.39 is 0 Å². The van der Waals surface area contributed by atoms with Gasteiger partial charge < -0.3 is 14.4 Å². The zero-order valence-electron chi connectivity index (χ0n) is 17.9. The highest BCUT2D eigenvalue weighted by molar-refractivity contribution is 5.97. The van der Waals surface area contributed by atoms with E-state index in [2.05, 4.69) is 16.9 Å². The zero-order valence-corrected chi connectivity index (χ0v) is 17.9. The Morgan fingerprint density at radius 3 is 2.44 bits per heavy atom. The summed E-state index contributed by atoms with van der Waals surface area (Å²) in [5.41, 5.74) is 2.94. The molecule has 7 nitrogen and oxygen atoms in total. The van der Waals surface area contributed by atoms with E-state index in [1.807, 2.05) is 11.0 Å². The van der Waals surface area contributed by atoms with Crippen molar-refractivity contribution in [2.75, 3.05) is 32.7 Å². The molecule has 0 atom stereocenters. The van der Waals surface area contributed by atoms with Gasteiger partial charge in [-0.25, -0.2) is 8.91 Å². The normalized spacial score (nSPS) is 15.0. The number of likely N-dealkylation sites (N-methyl/N-ethyl adjacent to an activating group) is 1. The van der Waals surface area contributed by atoms with Gasteiger partial charge in [0.25, 0.3) is 11.5 Å². The SMILES string of the molecule is CCN1CCN(C(=O)c2ccc3c(c2)n(Cc2ccc(F)cc2)c(=O)c2ccnn23)CC1. The van der Waals surface area contributed by atoms with Crippen molar-refractivity contribution in [3.63, 3.8) is 0 Å². The maximum Gasteiger partial charge on any atom is 0.277 e. The summed E-state index contributed by atoms with van der Waals surface area (Å²) in [4.78, 5) is 30.6. The third-order valence-electron chi connectivity index (χ3n) is 6.21. The monoisotopic (exact) mass is 433 g/mol. The number of amides is 1. The van der Waals surface area contributed by atoms with Crippen LogP contribution in [0.5, 0.6) is 0 Å². The molecule has 2 aromatic carbocycles. The standard InChI is InChI=1S/C24H24FN5O2/c1-2-27-11-13-28(14-12-27)23(31)18-5-8-20-22(15-18)29(16-17-3-6-19(25)7-4-17)24(32)21-9-10-26-30(20)21/h3-10,15H,2,11-14,16H2,1H3. The van der Waals surface area contributed by atoms with E-state index in [4.69, 9.17) is 0 Å². The van der Waals surface area contributed by atoms with Crippen LogP contribution in [-0.4, -0.2) is 62.6 Å². The Bertz CT molecular complexity index is 1350. The first-order chi connectivity index (χ1) is 15.5. The second-order valence-electron chi connectivity index (χ2n) is 8.08. The number of hydrogen-bond acceptors (Lipinski definition) is 4. The largest absolute Gasteiger partial charge is 0.336 e. The van der Waals surface area contributed by atoms with Crippen molar-refractivity contribution >= 4 is 22.5 Å². The quantitative estimate of drug-likeness (QED) is 0.496. The van der Waals surface area contributed by atoms with Crippen LogP contribution >= 0.6 is 0 Å². The van der Waals surface area contributed by atoms with Gasteiger partial charge in [0.15, 0.2) is 0 Å². The number of fused-ring (bicyclic) bond motifs is 3. The minimum Gasteiger partial charge on any atom is -0.336 e. The van der Waals surface area contributed by atoms with Crippen LogP contribution in [0.4, 0.5) is 4.39 Å². The molecule has 0 saturated carbocycles. The molecule has 164 valence electrons.